The Morgan fingerprint density at radius 1 is 1.53 bits per heavy atom. The van der Waals surface area contributed by atoms with E-state index in [0.717, 1.165) is 13.0 Å². The van der Waals surface area contributed by atoms with Gasteiger partial charge in [0.05, 0.1) is 6.61 Å². The maximum absolute atomic E-state index is 12.2. The third-order valence-electron chi connectivity index (χ3n) is 3.38. The van der Waals surface area contributed by atoms with Gasteiger partial charge in [0.1, 0.15) is 6.04 Å². The van der Waals surface area contributed by atoms with Crippen molar-refractivity contribution in [2.45, 2.75) is 38.8 Å². The molecule has 0 saturated carbocycles. The Kier molecular flexibility index (Phi) is 3.73. The maximum atomic E-state index is 12.2. The third-order valence-corrected chi connectivity index (χ3v) is 3.38. The summed E-state index contributed by atoms with van der Waals surface area (Å²) in [5, 5.41) is 9.25. The molecule has 0 aliphatic carbocycles. The van der Waals surface area contributed by atoms with E-state index in [4.69, 9.17) is 0 Å². The Labute approximate surface area is 91.9 Å². The van der Waals surface area contributed by atoms with Gasteiger partial charge in [-0.3, -0.25) is 9.69 Å². The first kappa shape index (κ1) is 12.5. The Balaban J connectivity index is 2.96. The zero-order valence-corrected chi connectivity index (χ0v) is 10.2. The summed E-state index contributed by atoms with van der Waals surface area (Å²) >= 11 is 0. The average Bonchev–Trinajstić information content (AvgIpc) is 2.23. The minimum absolute atomic E-state index is 0.0463. The van der Waals surface area contributed by atoms with Crippen LogP contribution >= 0.6 is 0 Å². The number of carbonyl (C=O) groups is 1. The van der Waals surface area contributed by atoms with Crippen LogP contribution in [0.1, 0.15) is 27.2 Å². The Hall–Kier alpha value is -0.610. The molecule has 1 atom stereocenters. The highest BCUT2D eigenvalue weighted by atomic mass is 16.3. The van der Waals surface area contributed by atoms with Crippen molar-refractivity contribution in [1.82, 2.24) is 9.80 Å². The predicted molar refractivity (Wildman–Crippen MR) is 59.6 cm³/mol. The number of aliphatic hydroxyl groups excluding tert-OH is 1. The molecular weight excluding hydrogens is 192 g/mol. The SMILES string of the molecule is CCN1C(=O)C(CO)N(C)CCC1(C)C. The summed E-state index contributed by atoms with van der Waals surface area (Å²) in [4.78, 5) is 16.0. The first-order valence-electron chi connectivity index (χ1n) is 5.56. The van der Waals surface area contributed by atoms with Gasteiger partial charge >= 0.3 is 0 Å². The molecule has 1 aliphatic rings. The summed E-state index contributed by atoms with van der Waals surface area (Å²) in [6.07, 6.45) is 0.944. The fourth-order valence-corrected chi connectivity index (χ4v) is 2.21. The van der Waals surface area contributed by atoms with Gasteiger partial charge in [0.15, 0.2) is 0 Å². The molecule has 0 aromatic rings. The summed E-state index contributed by atoms with van der Waals surface area (Å²) < 4.78 is 0. The zero-order valence-electron chi connectivity index (χ0n) is 10.2. The average molecular weight is 214 g/mol. The van der Waals surface area contributed by atoms with Crippen molar-refractivity contribution in [3.8, 4) is 0 Å². The lowest BCUT2D eigenvalue weighted by Gasteiger charge is -2.37. The van der Waals surface area contributed by atoms with E-state index in [1.165, 1.54) is 0 Å². The number of likely N-dealkylation sites (N-methyl/N-ethyl adjacent to an activating group) is 2. The smallest absolute Gasteiger partial charge is 0.242 e. The van der Waals surface area contributed by atoms with Crippen molar-refractivity contribution >= 4 is 5.91 Å². The topological polar surface area (TPSA) is 43.8 Å². The molecule has 1 amide bonds. The van der Waals surface area contributed by atoms with Crippen molar-refractivity contribution < 1.29 is 9.90 Å². The molecule has 0 aromatic heterocycles. The second kappa shape index (κ2) is 4.49. The van der Waals surface area contributed by atoms with Crippen LogP contribution in [0.3, 0.4) is 0 Å². The summed E-state index contributed by atoms with van der Waals surface area (Å²) in [5.41, 5.74) is -0.107. The Morgan fingerprint density at radius 3 is 2.60 bits per heavy atom. The number of carbonyl (C=O) groups excluding carboxylic acids is 1. The molecule has 1 saturated heterocycles. The van der Waals surface area contributed by atoms with Crippen molar-refractivity contribution in [2.24, 2.45) is 0 Å². The van der Waals surface area contributed by atoms with E-state index in [2.05, 4.69) is 13.8 Å². The van der Waals surface area contributed by atoms with Gasteiger partial charge in [-0.25, -0.2) is 0 Å². The molecule has 4 heteroatoms. The molecule has 88 valence electrons. The van der Waals surface area contributed by atoms with Gasteiger partial charge in [-0.05, 0) is 34.2 Å². The van der Waals surface area contributed by atoms with Gasteiger partial charge in [-0.1, -0.05) is 0 Å². The van der Waals surface area contributed by atoms with Crippen LogP contribution in [0.4, 0.5) is 0 Å². The number of nitrogens with zero attached hydrogens (tertiary/aromatic N) is 2. The molecule has 0 bridgehead atoms. The highest BCUT2D eigenvalue weighted by Gasteiger charge is 2.38. The molecule has 0 spiro atoms. The van der Waals surface area contributed by atoms with Crippen molar-refractivity contribution in [1.29, 1.82) is 0 Å². The van der Waals surface area contributed by atoms with Crippen molar-refractivity contribution in [3.05, 3.63) is 0 Å². The van der Waals surface area contributed by atoms with Crippen LogP contribution in [-0.4, -0.2) is 59.1 Å². The van der Waals surface area contributed by atoms with E-state index in [-0.39, 0.29) is 24.1 Å². The van der Waals surface area contributed by atoms with Crippen LogP contribution in [0.15, 0.2) is 0 Å². The van der Waals surface area contributed by atoms with E-state index in [0.29, 0.717) is 6.54 Å². The number of amides is 1. The lowest BCUT2D eigenvalue weighted by atomic mass is 9.98. The first-order chi connectivity index (χ1) is 6.94. The molecule has 0 aromatic carbocycles. The van der Waals surface area contributed by atoms with Crippen LogP contribution in [0.25, 0.3) is 0 Å². The fraction of sp³-hybridized carbons (Fsp3) is 0.909. The van der Waals surface area contributed by atoms with Gasteiger partial charge in [0.25, 0.3) is 0 Å². The molecule has 1 aliphatic heterocycles. The highest BCUT2D eigenvalue weighted by molar-refractivity contribution is 5.83. The zero-order chi connectivity index (χ0) is 11.6. The summed E-state index contributed by atoms with van der Waals surface area (Å²) in [6.45, 7) is 7.61. The maximum Gasteiger partial charge on any atom is 0.242 e. The minimum Gasteiger partial charge on any atom is -0.394 e. The lowest BCUT2D eigenvalue weighted by molar-refractivity contribution is -0.140. The molecular formula is C11H22N2O2. The molecule has 1 rings (SSSR count). The summed E-state index contributed by atoms with van der Waals surface area (Å²) in [5.74, 6) is 0.0463. The highest BCUT2D eigenvalue weighted by Crippen LogP contribution is 2.24. The van der Waals surface area contributed by atoms with E-state index in [1.54, 1.807) is 0 Å². The monoisotopic (exact) mass is 214 g/mol. The number of hydrogen-bond donors (Lipinski definition) is 1. The van der Waals surface area contributed by atoms with Crippen LogP contribution in [-0.2, 0) is 4.79 Å². The second-order valence-corrected chi connectivity index (χ2v) is 4.82. The summed E-state index contributed by atoms with van der Waals surface area (Å²) in [7, 11) is 1.90. The van der Waals surface area contributed by atoms with Crippen LogP contribution < -0.4 is 0 Å². The van der Waals surface area contributed by atoms with Gasteiger partial charge < -0.3 is 10.0 Å². The number of aliphatic hydroxyl groups is 1. The molecule has 1 heterocycles. The number of rotatable bonds is 2. The standard InChI is InChI=1S/C11H22N2O2/c1-5-13-10(15)9(8-14)12(4)7-6-11(13,2)3/h9,14H,5-8H2,1-4H3. The van der Waals surface area contributed by atoms with Crippen LogP contribution in [0.2, 0.25) is 0 Å². The van der Waals surface area contributed by atoms with E-state index < -0.39 is 0 Å². The Bertz CT molecular complexity index is 241. The van der Waals surface area contributed by atoms with Gasteiger partial charge in [-0.2, -0.15) is 0 Å². The number of hydrogen-bond acceptors (Lipinski definition) is 3. The molecule has 1 unspecified atom stereocenters. The van der Waals surface area contributed by atoms with Crippen molar-refractivity contribution in [3.63, 3.8) is 0 Å². The molecule has 1 N–H and O–H groups in total. The van der Waals surface area contributed by atoms with E-state index in [9.17, 15) is 9.90 Å². The predicted octanol–water partition coefficient (Wildman–Crippen LogP) is 0.310. The van der Waals surface area contributed by atoms with Crippen LogP contribution in [0.5, 0.6) is 0 Å². The first-order valence-corrected chi connectivity index (χ1v) is 5.56. The molecule has 4 nitrogen and oxygen atoms in total. The van der Waals surface area contributed by atoms with Crippen molar-refractivity contribution in [2.75, 3.05) is 26.7 Å². The quantitative estimate of drug-likeness (QED) is 0.719. The van der Waals surface area contributed by atoms with Gasteiger partial charge in [0, 0.05) is 18.6 Å². The molecule has 0 radical (unpaired) electrons. The van der Waals surface area contributed by atoms with E-state index in [1.807, 2.05) is 23.8 Å². The lowest BCUT2D eigenvalue weighted by Crippen LogP contribution is -2.52. The second-order valence-electron chi connectivity index (χ2n) is 4.82. The Morgan fingerprint density at radius 2 is 2.13 bits per heavy atom. The summed E-state index contributed by atoms with van der Waals surface area (Å²) in [6, 6.07) is -0.369. The van der Waals surface area contributed by atoms with Gasteiger partial charge in [-0.15, -0.1) is 0 Å². The molecule has 1 fully saturated rings. The normalized spacial score (nSPS) is 27.9. The molecule has 15 heavy (non-hydrogen) atoms. The third kappa shape index (κ3) is 2.32. The van der Waals surface area contributed by atoms with Gasteiger partial charge in [0.2, 0.25) is 5.91 Å². The van der Waals surface area contributed by atoms with E-state index >= 15 is 0 Å². The largest absolute Gasteiger partial charge is 0.394 e. The minimum atomic E-state index is -0.369. The van der Waals surface area contributed by atoms with Crippen LogP contribution in [0, 0.1) is 0 Å². The fourth-order valence-electron chi connectivity index (χ4n) is 2.21.